The van der Waals surface area contributed by atoms with Gasteiger partial charge >= 0.3 is 0 Å². The molecule has 0 saturated heterocycles. The van der Waals surface area contributed by atoms with Crippen molar-refractivity contribution in [2.24, 2.45) is 0 Å². The Labute approximate surface area is 92.0 Å². The minimum absolute atomic E-state index is 0. The smallest absolute Gasteiger partial charge is 0 e. The molecule has 0 aromatic carbocycles. The van der Waals surface area contributed by atoms with Gasteiger partial charge in [0.25, 0.3) is 0 Å². The standard InChI is InChI=1S/C4H9.Ce.2ClH/c1-3-4-2;;;/h1,3-4H2,2H3;;2*1H/p-2. The van der Waals surface area contributed by atoms with Crippen molar-refractivity contribution in [3.8, 4) is 0 Å². The molecule has 45 valence electrons. The van der Waals surface area contributed by atoms with Gasteiger partial charge in [0, 0.05) is 41.7 Å². The van der Waals surface area contributed by atoms with Crippen LogP contribution in [0.25, 0.3) is 0 Å². The number of unbranched alkanes of at least 4 members (excludes halogenated alkanes) is 1. The minimum atomic E-state index is 0. The van der Waals surface area contributed by atoms with Crippen molar-refractivity contribution in [2.45, 2.75) is 19.8 Å². The summed E-state index contributed by atoms with van der Waals surface area (Å²) in [6.45, 7) is 5.72. The molecule has 0 aromatic heterocycles. The zero-order chi connectivity index (χ0) is 3.41. The summed E-state index contributed by atoms with van der Waals surface area (Å²) < 4.78 is 0. The van der Waals surface area contributed by atoms with Crippen LogP contribution < -0.4 is 24.8 Å². The number of rotatable bonds is 1. The van der Waals surface area contributed by atoms with Crippen molar-refractivity contribution in [3.05, 3.63) is 6.92 Å². The maximum absolute atomic E-state index is 3.60. The van der Waals surface area contributed by atoms with Crippen molar-refractivity contribution >= 4 is 0 Å². The Kier molecular flexibility index (Phi) is 81.1. The van der Waals surface area contributed by atoms with Crippen molar-refractivity contribution < 1.29 is 66.6 Å². The first-order valence-electron chi connectivity index (χ1n) is 1.71. The average molecular weight is 268 g/mol. The summed E-state index contributed by atoms with van der Waals surface area (Å²) in [6.07, 6.45) is 2.28. The molecule has 0 N–H and O–H groups in total. The molecule has 0 bridgehead atoms. The summed E-state index contributed by atoms with van der Waals surface area (Å²) in [5, 5.41) is 0. The molecule has 0 saturated carbocycles. The molecular weight excluding hydrogens is 259 g/mol. The fourth-order valence-electron chi connectivity index (χ4n) is 0. The first-order chi connectivity index (χ1) is 1.91. The second kappa shape index (κ2) is 24.6. The quantitative estimate of drug-likeness (QED) is 0.451. The normalized spacial score (nSPS) is 4.29. The second-order valence-corrected chi connectivity index (χ2v) is 0.854. The first-order valence-corrected chi connectivity index (χ1v) is 1.71. The molecule has 7 heavy (non-hydrogen) atoms. The molecule has 0 nitrogen and oxygen atoms in total. The van der Waals surface area contributed by atoms with Gasteiger partial charge in [0.1, 0.15) is 0 Å². The Morgan fingerprint density at radius 3 is 1.43 bits per heavy atom. The van der Waals surface area contributed by atoms with Crippen LogP contribution in [0, 0.1) is 48.7 Å². The Morgan fingerprint density at radius 2 is 1.43 bits per heavy atom. The third-order valence-electron chi connectivity index (χ3n) is 0.354. The summed E-state index contributed by atoms with van der Waals surface area (Å²) in [7, 11) is 0. The molecule has 0 amide bonds. The molecule has 0 fully saturated rings. The van der Waals surface area contributed by atoms with Crippen molar-refractivity contribution in [3.63, 3.8) is 0 Å². The fourth-order valence-corrected chi connectivity index (χ4v) is 0. The van der Waals surface area contributed by atoms with E-state index in [1.165, 1.54) is 6.42 Å². The van der Waals surface area contributed by atoms with Gasteiger partial charge in [-0.25, -0.2) is 0 Å². The third kappa shape index (κ3) is 32.3. The van der Waals surface area contributed by atoms with Gasteiger partial charge in [0.05, 0.1) is 0 Å². The summed E-state index contributed by atoms with van der Waals surface area (Å²) in [5.41, 5.74) is 0. The number of halogens is 2. The van der Waals surface area contributed by atoms with E-state index in [0.29, 0.717) is 0 Å². The molecule has 0 aromatic rings. The monoisotopic (exact) mass is 267 g/mol. The van der Waals surface area contributed by atoms with Gasteiger partial charge in [0.15, 0.2) is 0 Å². The van der Waals surface area contributed by atoms with E-state index < -0.39 is 0 Å². The van der Waals surface area contributed by atoms with Crippen LogP contribution in [0.2, 0.25) is 0 Å². The predicted octanol–water partition coefficient (Wildman–Crippen LogP) is -4.37. The van der Waals surface area contributed by atoms with E-state index in [-0.39, 0.29) is 66.6 Å². The Hall–Kier alpha value is 1.96. The SMILES string of the molecule is [CH2]CCC.[Ce].[Cl-].[Cl-]. The van der Waals surface area contributed by atoms with Gasteiger partial charge in [-0.15, -0.1) is 0 Å². The number of hydrogen-bond donors (Lipinski definition) is 0. The third-order valence-corrected chi connectivity index (χ3v) is 0.354. The van der Waals surface area contributed by atoms with Crippen molar-refractivity contribution in [2.75, 3.05) is 0 Å². The van der Waals surface area contributed by atoms with Gasteiger partial charge in [0.2, 0.25) is 0 Å². The van der Waals surface area contributed by atoms with Crippen LogP contribution in [0.15, 0.2) is 0 Å². The summed E-state index contributed by atoms with van der Waals surface area (Å²) >= 11 is 0. The summed E-state index contributed by atoms with van der Waals surface area (Å²) in [4.78, 5) is 0. The largest absolute Gasteiger partial charge is 1.00 e. The van der Waals surface area contributed by atoms with Gasteiger partial charge in [-0.2, -0.15) is 0 Å². The number of hydrogen-bond acceptors (Lipinski definition) is 0. The van der Waals surface area contributed by atoms with Crippen LogP contribution in [-0.2, 0) is 0 Å². The van der Waals surface area contributed by atoms with Crippen molar-refractivity contribution in [1.82, 2.24) is 0 Å². The average Bonchev–Trinajstić information content (AvgIpc) is 1.37. The van der Waals surface area contributed by atoms with Gasteiger partial charge in [-0.1, -0.05) is 26.7 Å². The van der Waals surface area contributed by atoms with E-state index in [9.17, 15) is 0 Å². The van der Waals surface area contributed by atoms with Crippen LogP contribution in [0.5, 0.6) is 0 Å². The van der Waals surface area contributed by atoms with Crippen molar-refractivity contribution in [1.29, 1.82) is 0 Å². The minimum Gasteiger partial charge on any atom is -1.00 e. The maximum Gasteiger partial charge on any atom is 0 e. The topological polar surface area (TPSA) is 0 Å². The molecule has 0 rings (SSSR count). The van der Waals surface area contributed by atoms with Crippen LogP contribution in [0.4, 0.5) is 0 Å². The van der Waals surface area contributed by atoms with Crippen LogP contribution in [0.3, 0.4) is 0 Å². The molecule has 3 heteroatoms. The molecule has 1 radical (unpaired) electrons. The molecule has 0 spiro atoms. The van der Waals surface area contributed by atoms with E-state index in [2.05, 4.69) is 13.8 Å². The van der Waals surface area contributed by atoms with E-state index in [1.54, 1.807) is 0 Å². The van der Waals surface area contributed by atoms with Crippen LogP contribution in [0.1, 0.15) is 19.8 Å². The zero-order valence-electron chi connectivity index (χ0n) is 4.38. The maximum atomic E-state index is 3.60. The van der Waals surface area contributed by atoms with Crippen LogP contribution >= 0.6 is 0 Å². The molecular formula is C4H9CeCl2-2. The van der Waals surface area contributed by atoms with E-state index in [1.807, 2.05) is 0 Å². The van der Waals surface area contributed by atoms with E-state index >= 15 is 0 Å². The predicted molar refractivity (Wildman–Crippen MR) is 20.3 cm³/mol. The summed E-state index contributed by atoms with van der Waals surface area (Å²) in [6, 6.07) is 0. The van der Waals surface area contributed by atoms with Crippen LogP contribution in [-0.4, -0.2) is 0 Å². The van der Waals surface area contributed by atoms with Gasteiger partial charge in [-0.3, -0.25) is 0 Å². The molecule has 0 unspecified atom stereocenters. The van der Waals surface area contributed by atoms with Gasteiger partial charge < -0.3 is 24.8 Å². The zero-order valence-corrected chi connectivity index (χ0v) is 9.03. The molecule has 0 heterocycles. The molecule has 0 aliphatic rings. The fraction of sp³-hybridized carbons (Fsp3) is 0.750. The summed E-state index contributed by atoms with van der Waals surface area (Å²) in [5.74, 6) is 0. The Bertz CT molecular complexity index is 11.7. The van der Waals surface area contributed by atoms with E-state index in [0.717, 1.165) is 6.42 Å². The molecule has 0 aliphatic heterocycles. The second-order valence-electron chi connectivity index (χ2n) is 0.854. The van der Waals surface area contributed by atoms with E-state index in [4.69, 9.17) is 0 Å². The van der Waals surface area contributed by atoms with Gasteiger partial charge in [-0.05, 0) is 0 Å². The first kappa shape index (κ1) is 23.1. The molecule has 0 atom stereocenters. The Morgan fingerprint density at radius 1 is 1.29 bits per heavy atom. The molecule has 0 aliphatic carbocycles. The Balaban J connectivity index is -0.0000000150.